The van der Waals surface area contributed by atoms with Crippen molar-refractivity contribution < 1.29 is 0 Å². The molecule has 1 heterocycles. The van der Waals surface area contributed by atoms with Crippen LogP contribution in [-0.2, 0) is 0 Å². The fourth-order valence-corrected chi connectivity index (χ4v) is 5.10. The van der Waals surface area contributed by atoms with Crippen LogP contribution in [0.25, 0.3) is 0 Å². The van der Waals surface area contributed by atoms with E-state index >= 15 is 0 Å². The van der Waals surface area contributed by atoms with Crippen molar-refractivity contribution in [2.24, 2.45) is 11.8 Å². The molecular weight excluding hydrogens is 266 g/mol. The predicted octanol–water partition coefficient (Wildman–Crippen LogP) is 4.28. The third-order valence-electron chi connectivity index (χ3n) is 5.23. The van der Waals surface area contributed by atoms with E-state index in [1.165, 1.54) is 50.0 Å². The van der Waals surface area contributed by atoms with Gasteiger partial charge in [0, 0.05) is 5.92 Å². The van der Waals surface area contributed by atoms with Gasteiger partial charge in [-0.1, -0.05) is 43.9 Å². The van der Waals surface area contributed by atoms with Gasteiger partial charge >= 0.3 is 0 Å². The molecule has 0 amide bonds. The second-order valence-corrected chi connectivity index (χ2v) is 7.61. The lowest BCUT2D eigenvalue weighted by molar-refractivity contribution is 0.155. The summed E-state index contributed by atoms with van der Waals surface area (Å²) in [6, 6.07) is 0.345. The minimum Gasteiger partial charge on any atom is -0.308 e. The molecule has 2 fully saturated rings. The maximum Gasteiger partial charge on any atom is 0.134 e. The first-order valence-corrected chi connectivity index (χ1v) is 9.16. The van der Waals surface area contributed by atoms with E-state index in [-0.39, 0.29) is 0 Å². The lowest BCUT2D eigenvalue weighted by Crippen LogP contribution is -2.26. The van der Waals surface area contributed by atoms with Crippen molar-refractivity contribution >= 4 is 11.3 Å². The number of hydrogen-bond donors (Lipinski definition) is 1. The van der Waals surface area contributed by atoms with Gasteiger partial charge in [0.15, 0.2) is 0 Å². The highest BCUT2D eigenvalue weighted by Gasteiger charge is 2.34. The summed E-state index contributed by atoms with van der Waals surface area (Å²) < 4.78 is 0. The maximum absolute atomic E-state index is 4.51. The van der Waals surface area contributed by atoms with Crippen LogP contribution in [0, 0.1) is 11.8 Å². The molecule has 0 saturated heterocycles. The summed E-state index contributed by atoms with van der Waals surface area (Å²) in [5, 5.41) is 14.8. The number of nitrogens with one attached hydrogen (secondary N) is 1. The van der Waals surface area contributed by atoms with Gasteiger partial charge in [0.25, 0.3) is 0 Å². The van der Waals surface area contributed by atoms with E-state index in [1.54, 1.807) is 0 Å². The van der Waals surface area contributed by atoms with E-state index < -0.39 is 0 Å². The molecule has 1 N–H and O–H groups in total. The number of nitrogens with zero attached hydrogens (tertiary/aromatic N) is 2. The lowest BCUT2D eigenvalue weighted by Gasteiger charge is -2.38. The molecule has 0 aromatic carbocycles. The molecule has 3 rings (SSSR count). The van der Waals surface area contributed by atoms with Crippen LogP contribution in [0.4, 0.5) is 0 Å². The van der Waals surface area contributed by atoms with E-state index in [4.69, 9.17) is 0 Å². The molecule has 3 nitrogen and oxygen atoms in total. The van der Waals surface area contributed by atoms with Crippen LogP contribution in [0.3, 0.4) is 0 Å². The van der Waals surface area contributed by atoms with Gasteiger partial charge in [-0.15, -0.1) is 10.2 Å². The van der Waals surface area contributed by atoms with Gasteiger partial charge in [0.2, 0.25) is 0 Å². The lowest BCUT2D eigenvalue weighted by atomic mass is 9.68. The van der Waals surface area contributed by atoms with E-state index in [0.717, 1.165) is 23.4 Å². The molecule has 0 spiro atoms. The minimum absolute atomic E-state index is 0.345. The van der Waals surface area contributed by atoms with Gasteiger partial charge in [0.05, 0.1) is 6.04 Å². The Balaban J connectivity index is 1.64. The zero-order valence-corrected chi connectivity index (χ0v) is 13.6. The second-order valence-electron chi connectivity index (χ2n) is 6.57. The summed E-state index contributed by atoms with van der Waals surface area (Å²) in [5.74, 6) is 2.68. The smallest absolute Gasteiger partial charge is 0.134 e. The summed E-state index contributed by atoms with van der Waals surface area (Å²) in [7, 11) is 0. The Labute approximate surface area is 126 Å². The molecule has 1 aromatic heterocycles. The first-order chi connectivity index (χ1) is 9.78. The van der Waals surface area contributed by atoms with Crippen molar-refractivity contribution in [2.45, 2.75) is 70.8 Å². The second kappa shape index (κ2) is 6.52. The van der Waals surface area contributed by atoms with E-state index in [9.17, 15) is 0 Å². The van der Waals surface area contributed by atoms with Gasteiger partial charge < -0.3 is 5.32 Å². The van der Waals surface area contributed by atoms with Crippen molar-refractivity contribution in [3.05, 3.63) is 10.0 Å². The Kier molecular flexibility index (Phi) is 4.72. The van der Waals surface area contributed by atoms with E-state index in [1.807, 2.05) is 11.3 Å². The molecule has 0 radical (unpaired) electrons. The molecule has 1 aromatic rings. The highest BCUT2D eigenvalue weighted by atomic mass is 32.1. The average molecular weight is 293 g/mol. The van der Waals surface area contributed by atoms with Crippen molar-refractivity contribution in [2.75, 3.05) is 6.54 Å². The number of hydrogen-bond acceptors (Lipinski definition) is 4. The molecule has 4 unspecified atom stereocenters. The third-order valence-corrected chi connectivity index (χ3v) is 6.49. The highest BCUT2D eigenvalue weighted by Crippen LogP contribution is 2.46. The van der Waals surface area contributed by atoms with Gasteiger partial charge in [-0.05, 0) is 44.6 Å². The first-order valence-electron chi connectivity index (χ1n) is 8.34. The Morgan fingerprint density at radius 1 is 1.15 bits per heavy atom. The summed E-state index contributed by atoms with van der Waals surface area (Å²) in [4.78, 5) is 0. The first kappa shape index (κ1) is 14.5. The van der Waals surface area contributed by atoms with Crippen LogP contribution in [0.2, 0.25) is 0 Å². The zero-order valence-electron chi connectivity index (χ0n) is 12.8. The van der Waals surface area contributed by atoms with Gasteiger partial charge in [-0.2, -0.15) is 0 Å². The molecular formula is C16H27N3S. The fraction of sp³-hybridized carbons (Fsp3) is 0.875. The third kappa shape index (κ3) is 3.06. The van der Waals surface area contributed by atoms with Crippen LogP contribution < -0.4 is 5.32 Å². The van der Waals surface area contributed by atoms with E-state index in [2.05, 4.69) is 29.4 Å². The standard InChI is InChI=1S/C16H27N3S/c1-3-17-11(2)15-18-19-16(20-15)14-9-8-12-6-4-5-7-13(12)10-14/h11-14,17H,3-10H2,1-2H3. The molecule has 2 aliphatic carbocycles. The molecule has 112 valence electrons. The van der Waals surface area contributed by atoms with Crippen molar-refractivity contribution in [3.8, 4) is 0 Å². The average Bonchev–Trinajstić information content (AvgIpc) is 2.97. The molecule has 4 heteroatoms. The Hall–Kier alpha value is -0.480. The Bertz CT molecular complexity index is 431. The minimum atomic E-state index is 0.345. The maximum atomic E-state index is 4.51. The number of aromatic nitrogens is 2. The predicted molar refractivity (Wildman–Crippen MR) is 84.0 cm³/mol. The summed E-state index contributed by atoms with van der Waals surface area (Å²) in [5.41, 5.74) is 0. The Morgan fingerprint density at radius 3 is 2.75 bits per heavy atom. The molecule has 20 heavy (non-hydrogen) atoms. The normalized spacial score (nSPS) is 31.8. The quantitative estimate of drug-likeness (QED) is 0.900. The molecule has 2 saturated carbocycles. The molecule has 2 aliphatic rings. The van der Waals surface area contributed by atoms with Crippen LogP contribution in [0.1, 0.15) is 80.8 Å². The van der Waals surface area contributed by atoms with Crippen molar-refractivity contribution in [1.29, 1.82) is 0 Å². The summed E-state index contributed by atoms with van der Waals surface area (Å²) in [6.07, 6.45) is 9.99. The molecule has 4 atom stereocenters. The van der Waals surface area contributed by atoms with Gasteiger partial charge in [-0.25, -0.2) is 0 Å². The molecule has 0 aliphatic heterocycles. The zero-order chi connectivity index (χ0) is 13.9. The van der Waals surface area contributed by atoms with Crippen LogP contribution in [0.5, 0.6) is 0 Å². The number of fused-ring (bicyclic) bond motifs is 1. The SMILES string of the molecule is CCNC(C)c1nnc(C2CCC3CCCCC3C2)s1. The highest BCUT2D eigenvalue weighted by molar-refractivity contribution is 7.11. The van der Waals surface area contributed by atoms with Crippen LogP contribution >= 0.6 is 11.3 Å². The number of rotatable bonds is 4. The Morgan fingerprint density at radius 2 is 1.95 bits per heavy atom. The van der Waals surface area contributed by atoms with Crippen molar-refractivity contribution in [3.63, 3.8) is 0 Å². The summed E-state index contributed by atoms with van der Waals surface area (Å²) >= 11 is 1.84. The van der Waals surface area contributed by atoms with Crippen LogP contribution in [-0.4, -0.2) is 16.7 Å². The largest absolute Gasteiger partial charge is 0.308 e. The molecule has 0 bridgehead atoms. The fourth-order valence-electron chi connectivity index (χ4n) is 4.08. The van der Waals surface area contributed by atoms with Crippen molar-refractivity contribution in [1.82, 2.24) is 15.5 Å². The van der Waals surface area contributed by atoms with Gasteiger partial charge in [0.1, 0.15) is 10.0 Å². The topological polar surface area (TPSA) is 37.8 Å². The summed E-state index contributed by atoms with van der Waals surface area (Å²) in [6.45, 7) is 5.32. The monoisotopic (exact) mass is 293 g/mol. The van der Waals surface area contributed by atoms with Crippen LogP contribution in [0.15, 0.2) is 0 Å². The van der Waals surface area contributed by atoms with Gasteiger partial charge in [-0.3, -0.25) is 0 Å². The van der Waals surface area contributed by atoms with E-state index in [0.29, 0.717) is 12.0 Å².